The SMILES string of the molecule is CC(C)=C1C[C@@H](CO)[C@@H]1CO. The first-order valence-electron chi connectivity index (χ1n) is 4.08. The molecule has 1 rings (SSSR count). The molecule has 2 N–H and O–H groups in total. The van der Waals surface area contributed by atoms with Crippen molar-refractivity contribution in [3.05, 3.63) is 11.1 Å². The lowest BCUT2D eigenvalue weighted by Gasteiger charge is -2.38. The zero-order chi connectivity index (χ0) is 8.43. The minimum atomic E-state index is 0.186. The van der Waals surface area contributed by atoms with Crippen molar-refractivity contribution in [1.29, 1.82) is 0 Å². The summed E-state index contributed by atoms with van der Waals surface area (Å²) in [5, 5.41) is 17.8. The Kier molecular flexibility index (Phi) is 2.68. The van der Waals surface area contributed by atoms with Gasteiger partial charge in [-0.25, -0.2) is 0 Å². The molecule has 11 heavy (non-hydrogen) atoms. The fourth-order valence-corrected chi connectivity index (χ4v) is 1.73. The third-order valence-corrected chi connectivity index (χ3v) is 2.57. The molecule has 1 fully saturated rings. The normalized spacial score (nSPS) is 30.0. The maximum atomic E-state index is 8.96. The summed E-state index contributed by atoms with van der Waals surface area (Å²) in [6.07, 6.45) is 0.976. The number of aliphatic hydroxyl groups excluding tert-OH is 2. The summed E-state index contributed by atoms with van der Waals surface area (Å²) >= 11 is 0. The van der Waals surface area contributed by atoms with Crippen LogP contribution in [-0.2, 0) is 0 Å². The lowest BCUT2D eigenvalue weighted by atomic mass is 9.68. The average molecular weight is 156 g/mol. The van der Waals surface area contributed by atoms with Gasteiger partial charge in [0.25, 0.3) is 0 Å². The maximum Gasteiger partial charge on any atom is 0.0500 e. The topological polar surface area (TPSA) is 40.5 Å². The Morgan fingerprint density at radius 1 is 1.36 bits per heavy atom. The van der Waals surface area contributed by atoms with Crippen LogP contribution in [-0.4, -0.2) is 23.4 Å². The highest BCUT2D eigenvalue weighted by atomic mass is 16.3. The highest BCUT2D eigenvalue weighted by Gasteiger charge is 2.34. The van der Waals surface area contributed by atoms with E-state index < -0.39 is 0 Å². The number of aliphatic hydroxyl groups is 2. The van der Waals surface area contributed by atoms with E-state index in [1.807, 2.05) is 0 Å². The minimum absolute atomic E-state index is 0.186. The average Bonchev–Trinajstić information content (AvgIpc) is 1.86. The molecule has 0 amide bonds. The summed E-state index contributed by atoms with van der Waals surface area (Å²) in [4.78, 5) is 0. The van der Waals surface area contributed by atoms with Crippen LogP contribution >= 0.6 is 0 Å². The van der Waals surface area contributed by atoms with E-state index in [0.29, 0.717) is 5.92 Å². The third kappa shape index (κ3) is 1.47. The van der Waals surface area contributed by atoms with Crippen LogP contribution < -0.4 is 0 Å². The molecule has 1 aliphatic rings. The summed E-state index contributed by atoms with van der Waals surface area (Å²) in [6, 6.07) is 0. The van der Waals surface area contributed by atoms with E-state index in [4.69, 9.17) is 10.2 Å². The monoisotopic (exact) mass is 156 g/mol. The van der Waals surface area contributed by atoms with Crippen LogP contribution in [0.15, 0.2) is 11.1 Å². The summed E-state index contributed by atoms with van der Waals surface area (Å²) in [5.41, 5.74) is 2.64. The predicted molar refractivity (Wildman–Crippen MR) is 44.1 cm³/mol. The lowest BCUT2D eigenvalue weighted by molar-refractivity contribution is 0.0941. The molecule has 0 spiro atoms. The Bertz CT molecular complexity index is 168. The number of hydrogen-bond acceptors (Lipinski definition) is 2. The molecule has 64 valence electrons. The van der Waals surface area contributed by atoms with E-state index in [9.17, 15) is 0 Å². The Hall–Kier alpha value is -0.340. The summed E-state index contributed by atoms with van der Waals surface area (Å²) < 4.78 is 0. The molecule has 0 aromatic carbocycles. The maximum absolute atomic E-state index is 8.96. The molecule has 2 atom stereocenters. The van der Waals surface area contributed by atoms with Crippen LogP contribution in [0.3, 0.4) is 0 Å². The molecule has 0 bridgehead atoms. The Balaban J connectivity index is 2.59. The largest absolute Gasteiger partial charge is 0.396 e. The van der Waals surface area contributed by atoms with Crippen LogP contribution in [0, 0.1) is 11.8 Å². The minimum Gasteiger partial charge on any atom is -0.396 e. The second-order valence-electron chi connectivity index (χ2n) is 3.46. The lowest BCUT2D eigenvalue weighted by Crippen LogP contribution is -2.35. The standard InChI is InChI=1S/C9H16O2/c1-6(2)8-3-7(4-10)9(8)5-11/h7,9-11H,3-5H2,1-2H3/t7-,9-/m0/s1. The van der Waals surface area contributed by atoms with Gasteiger partial charge in [-0.05, 0) is 26.2 Å². The fourth-order valence-electron chi connectivity index (χ4n) is 1.73. The van der Waals surface area contributed by atoms with Gasteiger partial charge in [0, 0.05) is 19.1 Å². The molecule has 0 aromatic rings. The number of allylic oxidation sites excluding steroid dienone is 1. The molecule has 2 heteroatoms. The smallest absolute Gasteiger partial charge is 0.0500 e. The van der Waals surface area contributed by atoms with E-state index in [2.05, 4.69) is 13.8 Å². The van der Waals surface area contributed by atoms with Gasteiger partial charge in [0.15, 0.2) is 0 Å². The number of hydrogen-bond donors (Lipinski definition) is 2. The van der Waals surface area contributed by atoms with Gasteiger partial charge in [0.1, 0.15) is 0 Å². The zero-order valence-electron chi connectivity index (χ0n) is 7.17. The van der Waals surface area contributed by atoms with Crippen molar-refractivity contribution in [2.24, 2.45) is 11.8 Å². The molecule has 0 unspecified atom stereocenters. The molecule has 2 nitrogen and oxygen atoms in total. The molecule has 0 saturated heterocycles. The van der Waals surface area contributed by atoms with Gasteiger partial charge in [-0.3, -0.25) is 0 Å². The van der Waals surface area contributed by atoms with Gasteiger partial charge >= 0.3 is 0 Å². The predicted octanol–water partition coefficient (Wildman–Crippen LogP) is 0.944. The molecule has 0 aliphatic heterocycles. The molecular formula is C9H16O2. The molecular weight excluding hydrogens is 140 g/mol. The third-order valence-electron chi connectivity index (χ3n) is 2.57. The van der Waals surface area contributed by atoms with E-state index in [1.54, 1.807) is 0 Å². The summed E-state index contributed by atoms with van der Waals surface area (Å²) in [5.74, 6) is 0.551. The van der Waals surface area contributed by atoms with Crippen molar-refractivity contribution in [1.82, 2.24) is 0 Å². The summed E-state index contributed by atoms with van der Waals surface area (Å²) in [6.45, 7) is 4.52. The van der Waals surface area contributed by atoms with Crippen LogP contribution in [0.1, 0.15) is 20.3 Å². The first kappa shape index (κ1) is 8.75. The Morgan fingerprint density at radius 2 is 2.00 bits per heavy atom. The van der Waals surface area contributed by atoms with Crippen molar-refractivity contribution >= 4 is 0 Å². The van der Waals surface area contributed by atoms with E-state index in [0.717, 1.165) is 6.42 Å². The van der Waals surface area contributed by atoms with Gasteiger partial charge in [-0.2, -0.15) is 0 Å². The van der Waals surface area contributed by atoms with Crippen LogP contribution in [0.2, 0.25) is 0 Å². The fraction of sp³-hybridized carbons (Fsp3) is 0.778. The first-order chi connectivity index (χ1) is 5.20. The highest BCUT2D eigenvalue weighted by molar-refractivity contribution is 5.23. The zero-order valence-corrected chi connectivity index (χ0v) is 7.17. The van der Waals surface area contributed by atoms with Crippen LogP contribution in [0.5, 0.6) is 0 Å². The van der Waals surface area contributed by atoms with Gasteiger partial charge in [0.2, 0.25) is 0 Å². The van der Waals surface area contributed by atoms with Gasteiger partial charge in [-0.15, -0.1) is 0 Å². The second kappa shape index (κ2) is 3.37. The molecule has 0 heterocycles. The van der Waals surface area contributed by atoms with Crippen molar-refractivity contribution in [2.75, 3.05) is 13.2 Å². The first-order valence-corrected chi connectivity index (χ1v) is 4.08. The van der Waals surface area contributed by atoms with Crippen molar-refractivity contribution in [2.45, 2.75) is 20.3 Å². The van der Waals surface area contributed by atoms with Gasteiger partial charge in [0.05, 0.1) is 0 Å². The Morgan fingerprint density at radius 3 is 2.36 bits per heavy atom. The second-order valence-corrected chi connectivity index (χ2v) is 3.46. The summed E-state index contributed by atoms with van der Waals surface area (Å²) in [7, 11) is 0. The van der Waals surface area contributed by atoms with E-state index >= 15 is 0 Å². The van der Waals surface area contributed by atoms with E-state index in [1.165, 1.54) is 11.1 Å². The van der Waals surface area contributed by atoms with Crippen molar-refractivity contribution < 1.29 is 10.2 Å². The Labute approximate surface area is 67.6 Å². The molecule has 0 aromatic heterocycles. The van der Waals surface area contributed by atoms with Gasteiger partial charge < -0.3 is 10.2 Å². The molecule has 0 radical (unpaired) electrons. The molecule has 1 aliphatic carbocycles. The quantitative estimate of drug-likeness (QED) is 0.584. The van der Waals surface area contributed by atoms with Crippen LogP contribution in [0.25, 0.3) is 0 Å². The number of rotatable bonds is 2. The highest BCUT2D eigenvalue weighted by Crippen LogP contribution is 2.40. The van der Waals surface area contributed by atoms with Gasteiger partial charge in [-0.1, -0.05) is 11.1 Å². The van der Waals surface area contributed by atoms with Crippen molar-refractivity contribution in [3.8, 4) is 0 Å². The van der Waals surface area contributed by atoms with Crippen LogP contribution in [0.4, 0.5) is 0 Å². The molecule has 1 saturated carbocycles. The van der Waals surface area contributed by atoms with E-state index in [-0.39, 0.29) is 19.1 Å². The van der Waals surface area contributed by atoms with Crippen molar-refractivity contribution in [3.63, 3.8) is 0 Å².